The summed E-state index contributed by atoms with van der Waals surface area (Å²) in [6.45, 7) is 4.00. The van der Waals surface area contributed by atoms with Crippen LogP contribution in [0.1, 0.15) is 51.9 Å². The van der Waals surface area contributed by atoms with Crippen molar-refractivity contribution in [2.75, 3.05) is 19.6 Å². The molecule has 0 aromatic rings. The molecule has 1 saturated heterocycles. The van der Waals surface area contributed by atoms with E-state index in [9.17, 15) is 9.59 Å². The van der Waals surface area contributed by atoms with Gasteiger partial charge in [-0.3, -0.25) is 4.79 Å². The van der Waals surface area contributed by atoms with Crippen molar-refractivity contribution < 1.29 is 9.59 Å². The van der Waals surface area contributed by atoms with Crippen molar-refractivity contribution in [1.29, 1.82) is 0 Å². The summed E-state index contributed by atoms with van der Waals surface area (Å²) in [6.07, 6.45) is 7.97. The third-order valence-electron chi connectivity index (χ3n) is 4.55. The van der Waals surface area contributed by atoms with E-state index in [4.69, 9.17) is 0 Å². The Hall–Kier alpha value is -1.26. The lowest BCUT2D eigenvalue weighted by molar-refractivity contribution is -0.130. The molecule has 0 aromatic carbocycles. The largest absolute Gasteiger partial charge is 0.343 e. The minimum absolute atomic E-state index is 0.0223. The van der Waals surface area contributed by atoms with Crippen molar-refractivity contribution in [1.82, 2.24) is 15.5 Å². The third kappa shape index (κ3) is 4.69. The molecule has 20 heavy (non-hydrogen) atoms. The molecule has 1 aliphatic carbocycles. The Bertz CT molecular complexity index is 332. The Morgan fingerprint density at radius 1 is 1.05 bits per heavy atom. The van der Waals surface area contributed by atoms with E-state index in [0.29, 0.717) is 12.0 Å². The summed E-state index contributed by atoms with van der Waals surface area (Å²) in [6, 6.07) is 0.342. The van der Waals surface area contributed by atoms with Gasteiger partial charge in [0.2, 0.25) is 5.91 Å². The standard InChI is InChI=1S/C15H27N3O2/c1-12(19)18-9-7-13(8-10-18)11-16-15(20)17-14-5-3-2-4-6-14/h13-14H,2-11H2,1H3,(H2,16,17,20). The summed E-state index contributed by atoms with van der Waals surface area (Å²) >= 11 is 0. The number of nitrogens with zero attached hydrogens (tertiary/aromatic N) is 1. The van der Waals surface area contributed by atoms with E-state index in [1.165, 1.54) is 19.3 Å². The average molecular weight is 281 g/mol. The van der Waals surface area contributed by atoms with Gasteiger partial charge < -0.3 is 15.5 Å². The third-order valence-corrected chi connectivity index (χ3v) is 4.55. The molecule has 114 valence electrons. The lowest BCUT2D eigenvalue weighted by atomic mass is 9.95. The normalized spacial score (nSPS) is 21.6. The highest BCUT2D eigenvalue weighted by Gasteiger charge is 2.21. The van der Waals surface area contributed by atoms with Crippen LogP contribution in [0.15, 0.2) is 0 Å². The Labute approximate surface area is 121 Å². The Balaban J connectivity index is 1.60. The molecule has 2 rings (SSSR count). The van der Waals surface area contributed by atoms with E-state index in [1.54, 1.807) is 6.92 Å². The van der Waals surface area contributed by atoms with Gasteiger partial charge in [0.25, 0.3) is 0 Å². The number of carbonyl (C=O) groups is 2. The molecule has 2 fully saturated rings. The predicted molar refractivity (Wildman–Crippen MR) is 78.4 cm³/mol. The maximum atomic E-state index is 11.8. The van der Waals surface area contributed by atoms with Gasteiger partial charge in [0, 0.05) is 32.6 Å². The minimum Gasteiger partial charge on any atom is -0.343 e. The number of hydrogen-bond donors (Lipinski definition) is 2. The van der Waals surface area contributed by atoms with Crippen LogP contribution >= 0.6 is 0 Å². The second kappa shape index (κ2) is 7.50. The lowest BCUT2D eigenvalue weighted by Crippen LogP contribution is -2.46. The van der Waals surface area contributed by atoms with Gasteiger partial charge in [-0.05, 0) is 31.6 Å². The van der Waals surface area contributed by atoms with E-state index >= 15 is 0 Å². The molecule has 2 N–H and O–H groups in total. The predicted octanol–water partition coefficient (Wildman–Crippen LogP) is 1.88. The lowest BCUT2D eigenvalue weighted by Gasteiger charge is -2.31. The summed E-state index contributed by atoms with van der Waals surface area (Å²) in [7, 11) is 0. The quantitative estimate of drug-likeness (QED) is 0.829. The van der Waals surface area contributed by atoms with Crippen molar-refractivity contribution in [3.05, 3.63) is 0 Å². The zero-order valence-corrected chi connectivity index (χ0v) is 12.5. The first-order valence-electron chi connectivity index (χ1n) is 7.95. The van der Waals surface area contributed by atoms with Crippen LogP contribution in [0.2, 0.25) is 0 Å². The van der Waals surface area contributed by atoms with Crippen molar-refractivity contribution in [3.63, 3.8) is 0 Å². The summed E-state index contributed by atoms with van der Waals surface area (Å²) in [5.74, 6) is 0.661. The summed E-state index contributed by atoms with van der Waals surface area (Å²) in [4.78, 5) is 25.0. The first kappa shape index (κ1) is 15.1. The number of rotatable bonds is 3. The van der Waals surface area contributed by atoms with Gasteiger partial charge in [-0.15, -0.1) is 0 Å². The molecule has 1 saturated carbocycles. The van der Waals surface area contributed by atoms with Gasteiger partial charge in [0.15, 0.2) is 0 Å². The number of nitrogens with one attached hydrogen (secondary N) is 2. The summed E-state index contributed by atoms with van der Waals surface area (Å²) < 4.78 is 0. The van der Waals surface area contributed by atoms with Gasteiger partial charge in [-0.25, -0.2) is 4.79 Å². The first-order valence-corrected chi connectivity index (χ1v) is 7.95. The van der Waals surface area contributed by atoms with Crippen LogP contribution in [0, 0.1) is 5.92 Å². The van der Waals surface area contributed by atoms with Crippen LogP contribution < -0.4 is 10.6 Å². The maximum Gasteiger partial charge on any atom is 0.315 e. The average Bonchev–Trinajstić information content (AvgIpc) is 2.46. The Kier molecular flexibility index (Phi) is 5.68. The number of urea groups is 1. The molecule has 0 unspecified atom stereocenters. The van der Waals surface area contributed by atoms with E-state index in [2.05, 4.69) is 10.6 Å². The van der Waals surface area contributed by atoms with Gasteiger partial charge in [0.05, 0.1) is 0 Å². The van der Waals surface area contributed by atoms with E-state index in [0.717, 1.165) is 45.3 Å². The van der Waals surface area contributed by atoms with Gasteiger partial charge in [-0.2, -0.15) is 0 Å². The summed E-state index contributed by atoms with van der Waals surface area (Å²) in [5.41, 5.74) is 0. The fourth-order valence-electron chi connectivity index (χ4n) is 3.17. The molecule has 0 spiro atoms. The number of likely N-dealkylation sites (tertiary alicyclic amines) is 1. The number of carbonyl (C=O) groups excluding carboxylic acids is 2. The fraction of sp³-hybridized carbons (Fsp3) is 0.867. The van der Waals surface area contributed by atoms with Gasteiger partial charge >= 0.3 is 6.03 Å². The number of piperidine rings is 1. The van der Waals surface area contributed by atoms with Crippen LogP contribution in [-0.4, -0.2) is 42.5 Å². The summed E-state index contributed by atoms with van der Waals surface area (Å²) in [5, 5.41) is 6.06. The Morgan fingerprint density at radius 3 is 2.30 bits per heavy atom. The van der Waals surface area contributed by atoms with E-state index in [1.807, 2.05) is 4.90 Å². The molecule has 2 aliphatic rings. The minimum atomic E-state index is -0.0223. The van der Waals surface area contributed by atoms with Crippen LogP contribution in [-0.2, 0) is 4.79 Å². The molecule has 0 atom stereocenters. The van der Waals surface area contributed by atoms with Crippen LogP contribution in [0.5, 0.6) is 0 Å². The molecule has 1 heterocycles. The molecular weight excluding hydrogens is 254 g/mol. The number of hydrogen-bond acceptors (Lipinski definition) is 2. The Morgan fingerprint density at radius 2 is 1.70 bits per heavy atom. The second-order valence-electron chi connectivity index (χ2n) is 6.14. The molecule has 5 nitrogen and oxygen atoms in total. The maximum absolute atomic E-state index is 11.8. The molecule has 0 aromatic heterocycles. The van der Waals surface area contributed by atoms with Crippen molar-refractivity contribution >= 4 is 11.9 Å². The highest BCUT2D eigenvalue weighted by Crippen LogP contribution is 2.18. The molecular formula is C15H27N3O2. The second-order valence-corrected chi connectivity index (χ2v) is 6.14. The SMILES string of the molecule is CC(=O)N1CCC(CNC(=O)NC2CCCCC2)CC1. The fourth-order valence-corrected chi connectivity index (χ4v) is 3.17. The smallest absolute Gasteiger partial charge is 0.315 e. The van der Waals surface area contributed by atoms with Crippen molar-refractivity contribution in [2.24, 2.45) is 5.92 Å². The van der Waals surface area contributed by atoms with Gasteiger partial charge in [-0.1, -0.05) is 19.3 Å². The zero-order valence-electron chi connectivity index (χ0n) is 12.5. The van der Waals surface area contributed by atoms with E-state index < -0.39 is 0 Å². The highest BCUT2D eigenvalue weighted by atomic mass is 16.2. The van der Waals surface area contributed by atoms with Crippen LogP contribution in [0.4, 0.5) is 4.79 Å². The molecule has 0 radical (unpaired) electrons. The molecule has 5 heteroatoms. The molecule has 3 amide bonds. The van der Waals surface area contributed by atoms with Crippen LogP contribution in [0.25, 0.3) is 0 Å². The van der Waals surface area contributed by atoms with Crippen LogP contribution in [0.3, 0.4) is 0 Å². The zero-order chi connectivity index (χ0) is 14.4. The van der Waals surface area contributed by atoms with Crippen molar-refractivity contribution in [3.8, 4) is 0 Å². The van der Waals surface area contributed by atoms with Crippen molar-refractivity contribution in [2.45, 2.75) is 57.9 Å². The van der Waals surface area contributed by atoms with E-state index in [-0.39, 0.29) is 11.9 Å². The monoisotopic (exact) mass is 281 g/mol. The highest BCUT2D eigenvalue weighted by molar-refractivity contribution is 5.74. The first-order chi connectivity index (χ1) is 9.65. The molecule has 1 aliphatic heterocycles. The topological polar surface area (TPSA) is 61.4 Å². The number of amides is 3. The van der Waals surface area contributed by atoms with Gasteiger partial charge in [0.1, 0.15) is 0 Å². The molecule has 0 bridgehead atoms.